The highest BCUT2D eigenvalue weighted by molar-refractivity contribution is 6.04. The maximum absolute atomic E-state index is 12.8. The number of ketones is 1. The maximum Gasteiger partial charge on any atom is 0.307 e. The molecule has 1 rings (SSSR count). The third-order valence-electron chi connectivity index (χ3n) is 3.38. The van der Waals surface area contributed by atoms with Gasteiger partial charge >= 0.3 is 5.97 Å². The van der Waals surface area contributed by atoms with Crippen LogP contribution < -0.4 is 10.1 Å². The number of benzene rings is 1. The maximum atomic E-state index is 12.8. The fraction of sp³-hybridized carbons (Fsp3) is 0.529. The highest BCUT2D eigenvalue weighted by Crippen LogP contribution is 2.26. The molecule has 0 amide bonds. The quantitative estimate of drug-likeness (QED) is 0.528. The van der Waals surface area contributed by atoms with Gasteiger partial charge in [0.05, 0.1) is 38.3 Å². The third-order valence-corrected chi connectivity index (χ3v) is 3.38. The highest BCUT2D eigenvalue weighted by atomic mass is 16.5. The van der Waals surface area contributed by atoms with Gasteiger partial charge in [-0.15, -0.1) is 0 Å². The molecule has 0 fully saturated rings. The molecule has 1 aromatic rings. The Hall–Kier alpha value is -1.92. The zero-order valence-electron chi connectivity index (χ0n) is 14.1. The SMILES string of the molecule is CCOC(=O)CC(NCCO)C(=O)c1cc(C)cc(C)c1OC. The Morgan fingerprint density at radius 2 is 2.00 bits per heavy atom. The summed E-state index contributed by atoms with van der Waals surface area (Å²) in [4.78, 5) is 24.6. The summed E-state index contributed by atoms with van der Waals surface area (Å²) < 4.78 is 10.3. The van der Waals surface area contributed by atoms with Gasteiger partial charge in [0.15, 0.2) is 5.78 Å². The van der Waals surface area contributed by atoms with E-state index in [0.717, 1.165) is 11.1 Å². The van der Waals surface area contributed by atoms with E-state index in [1.54, 1.807) is 13.0 Å². The van der Waals surface area contributed by atoms with E-state index in [1.165, 1.54) is 7.11 Å². The van der Waals surface area contributed by atoms with E-state index in [9.17, 15) is 9.59 Å². The van der Waals surface area contributed by atoms with Gasteiger partial charge in [-0.3, -0.25) is 9.59 Å². The predicted octanol–water partition coefficient (Wildman–Crippen LogP) is 1.40. The second-order valence-corrected chi connectivity index (χ2v) is 5.27. The van der Waals surface area contributed by atoms with Gasteiger partial charge in [-0.1, -0.05) is 6.07 Å². The molecule has 1 unspecified atom stereocenters. The Labute approximate surface area is 136 Å². The van der Waals surface area contributed by atoms with Crippen molar-refractivity contribution >= 4 is 11.8 Å². The Kier molecular flexibility index (Phi) is 7.71. The number of rotatable bonds is 9. The van der Waals surface area contributed by atoms with Crippen molar-refractivity contribution in [2.75, 3.05) is 26.9 Å². The molecule has 128 valence electrons. The lowest BCUT2D eigenvalue weighted by molar-refractivity contribution is -0.143. The molecule has 0 spiro atoms. The average Bonchev–Trinajstić information content (AvgIpc) is 2.50. The van der Waals surface area contributed by atoms with Gasteiger partial charge in [-0.05, 0) is 38.0 Å². The zero-order chi connectivity index (χ0) is 17.4. The van der Waals surface area contributed by atoms with Crippen LogP contribution >= 0.6 is 0 Å². The molecule has 0 aliphatic heterocycles. The predicted molar refractivity (Wildman–Crippen MR) is 86.9 cm³/mol. The Bertz CT molecular complexity index is 556. The van der Waals surface area contributed by atoms with Gasteiger partial charge in [-0.2, -0.15) is 0 Å². The number of methoxy groups -OCH3 is 1. The monoisotopic (exact) mass is 323 g/mol. The van der Waals surface area contributed by atoms with Crippen molar-refractivity contribution < 1.29 is 24.2 Å². The van der Waals surface area contributed by atoms with E-state index >= 15 is 0 Å². The summed E-state index contributed by atoms with van der Waals surface area (Å²) in [6.45, 7) is 5.81. The van der Waals surface area contributed by atoms with Crippen molar-refractivity contribution in [2.45, 2.75) is 33.2 Å². The summed E-state index contributed by atoms with van der Waals surface area (Å²) in [5.74, 6) is -0.213. The van der Waals surface area contributed by atoms with Gasteiger partial charge in [0.1, 0.15) is 5.75 Å². The fourth-order valence-electron chi connectivity index (χ4n) is 2.48. The van der Waals surface area contributed by atoms with Crippen molar-refractivity contribution in [3.63, 3.8) is 0 Å². The molecule has 1 aromatic carbocycles. The standard InChI is InChI=1S/C17H25NO5/c1-5-23-15(20)10-14(18-6-7-19)16(21)13-9-11(2)8-12(3)17(13)22-4/h8-9,14,18-19H,5-7,10H2,1-4H3. The molecule has 2 N–H and O–H groups in total. The lowest BCUT2D eigenvalue weighted by atomic mass is 9.96. The summed E-state index contributed by atoms with van der Waals surface area (Å²) in [6, 6.07) is 2.90. The first-order valence-electron chi connectivity index (χ1n) is 7.63. The van der Waals surface area contributed by atoms with Crippen LogP contribution in [0.1, 0.15) is 34.8 Å². The van der Waals surface area contributed by atoms with Gasteiger partial charge < -0.3 is 19.9 Å². The molecule has 0 heterocycles. The average molecular weight is 323 g/mol. The molecule has 0 aromatic heterocycles. The molecule has 6 heteroatoms. The van der Waals surface area contributed by atoms with Crippen LogP contribution in [0.2, 0.25) is 0 Å². The Balaban J connectivity index is 3.10. The molecule has 0 aliphatic rings. The molecule has 1 atom stereocenters. The summed E-state index contributed by atoms with van der Waals surface area (Å²) >= 11 is 0. The van der Waals surface area contributed by atoms with Crippen molar-refractivity contribution in [2.24, 2.45) is 0 Å². The minimum absolute atomic E-state index is 0.0944. The number of carbonyl (C=O) groups is 2. The van der Waals surface area contributed by atoms with Crippen LogP contribution in [0.25, 0.3) is 0 Å². The van der Waals surface area contributed by atoms with Gasteiger partial charge in [0.2, 0.25) is 0 Å². The van der Waals surface area contributed by atoms with E-state index in [0.29, 0.717) is 11.3 Å². The van der Waals surface area contributed by atoms with Crippen molar-refractivity contribution in [3.05, 3.63) is 28.8 Å². The second-order valence-electron chi connectivity index (χ2n) is 5.27. The van der Waals surface area contributed by atoms with Crippen molar-refractivity contribution in [1.82, 2.24) is 5.32 Å². The Morgan fingerprint density at radius 3 is 2.57 bits per heavy atom. The largest absolute Gasteiger partial charge is 0.496 e. The van der Waals surface area contributed by atoms with E-state index in [2.05, 4.69) is 5.32 Å². The number of carbonyl (C=O) groups excluding carboxylic acids is 2. The van der Waals surface area contributed by atoms with Crippen LogP contribution in [-0.4, -0.2) is 49.8 Å². The van der Waals surface area contributed by atoms with E-state index in [1.807, 2.05) is 19.9 Å². The van der Waals surface area contributed by atoms with Gasteiger partial charge in [-0.25, -0.2) is 0 Å². The summed E-state index contributed by atoms with van der Waals surface area (Å²) in [5.41, 5.74) is 2.21. The first-order chi connectivity index (χ1) is 10.9. The van der Waals surface area contributed by atoms with Crippen LogP contribution in [-0.2, 0) is 9.53 Å². The number of ether oxygens (including phenoxy) is 2. The normalized spacial score (nSPS) is 11.9. The van der Waals surface area contributed by atoms with Crippen LogP contribution in [0.4, 0.5) is 0 Å². The van der Waals surface area contributed by atoms with Gasteiger partial charge in [0.25, 0.3) is 0 Å². The zero-order valence-corrected chi connectivity index (χ0v) is 14.1. The molecule has 0 saturated carbocycles. The topological polar surface area (TPSA) is 84.9 Å². The minimum atomic E-state index is -0.767. The lowest BCUT2D eigenvalue weighted by Crippen LogP contribution is -2.40. The number of aliphatic hydroxyl groups excluding tert-OH is 1. The smallest absolute Gasteiger partial charge is 0.307 e. The number of nitrogens with one attached hydrogen (secondary N) is 1. The van der Waals surface area contributed by atoms with E-state index in [-0.39, 0.29) is 32.0 Å². The van der Waals surface area contributed by atoms with E-state index < -0.39 is 12.0 Å². The molecule has 23 heavy (non-hydrogen) atoms. The van der Waals surface area contributed by atoms with Crippen LogP contribution in [0.3, 0.4) is 0 Å². The molecule has 0 radical (unpaired) electrons. The number of aliphatic hydroxyl groups is 1. The Morgan fingerprint density at radius 1 is 1.30 bits per heavy atom. The summed E-state index contributed by atoms with van der Waals surface area (Å²) in [7, 11) is 1.51. The number of hydrogen-bond acceptors (Lipinski definition) is 6. The summed E-state index contributed by atoms with van der Waals surface area (Å²) in [6.07, 6.45) is -0.0944. The lowest BCUT2D eigenvalue weighted by Gasteiger charge is -2.19. The molecule has 0 bridgehead atoms. The number of hydrogen-bond donors (Lipinski definition) is 2. The molecular formula is C17H25NO5. The van der Waals surface area contributed by atoms with Crippen LogP contribution in [0, 0.1) is 13.8 Å². The first kappa shape index (κ1) is 19.1. The van der Waals surface area contributed by atoms with Gasteiger partial charge in [0, 0.05) is 6.54 Å². The third kappa shape index (κ3) is 5.33. The van der Waals surface area contributed by atoms with Crippen molar-refractivity contribution in [1.29, 1.82) is 0 Å². The molecular weight excluding hydrogens is 298 g/mol. The second kappa shape index (κ2) is 9.27. The number of Topliss-reactive ketones (excluding diaryl/α,β-unsaturated/α-hetero) is 1. The molecule has 6 nitrogen and oxygen atoms in total. The first-order valence-corrected chi connectivity index (χ1v) is 7.63. The molecule has 0 aliphatic carbocycles. The van der Waals surface area contributed by atoms with Crippen LogP contribution in [0.15, 0.2) is 12.1 Å². The molecule has 0 saturated heterocycles. The van der Waals surface area contributed by atoms with Crippen LogP contribution in [0.5, 0.6) is 5.75 Å². The fourth-order valence-corrected chi connectivity index (χ4v) is 2.48. The van der Waals surface area contributed by atoms with Crippen molar-refractivity contribution in [3.8, 4) is 5.75 Å². The number of esters is 1. The summed E-state index contributed by atoms with van der Waals surface area (Å²) in [5, 5.41) is 11.9. The van der Waals surface area contributed by atoms with E-state index in [4.69, 9.17) is 14.6 Å². The number of aryl methyl sites for hydroxylation is 2. The highest BCUT2D eigenvalue weighted by Gasteiger charge is 2.26. The minimum Gasteiger partial charge on any atom is -0.496 e.